The number of ether oxygens (including phenoxy) is 1. The number of hydrogen-bond acceptors (Lipinski definition) is 2. The average Bonchev–Trinajstić information content (AvgIpc) is 2.63. The summed E-state index contributed by atoms with van der Waals surface area (Å²) in [5.41, 5.74) is 6.75. The Balaban J connectivity index is 2.19. The van der Waals surface area contributed by atoms with E-state index in [4.69, 9.17) is 10.5 Å². The van der Waals surface area contributed by atoms with Crippen molar-refractivity contribution in [2.45, 2.75) is 31.5 Å². The Morgan fingerprint density at radius 2 is 2.14 bits per heavy atom. The average molecular weight is 191 g/mol. The third kappa shape index (κ3) is 1.68. The van der Waals surface area contributed by atoms with Gasteiger partial charge in [-0.05, 0) is 25.3 Å². The quantitative estimate of drug-likeness (QED) is 0.776. The monoisotopic (exact) mass is 191 g/mol. The largest absolute Gasteiger partial charge is 0.366 e. The minimum absolute atomic E-state index is 0.120. The lowest BCUT2D eigenvalue weighted by molar-refractivity contribution is -0.0282. The van der Waals surface area contributed by atoms with Gasteiger partial charge in [-0.2, -0.15) is 0 Å². The van der Waals surface area contributed by atoms with E-state index in [1.54, 1.807) is 0 Å². The summed E-state index contributed by atoms with van der Waals surface area (Å²) in [4.78, 5) is 0. The van der Waals surface area contributed by atoms with Crippen molar-refractivity contribution in [3.05, 3.63) is 35.9 Å². The van der Waals surface area contributed by atoms with E-state index in [0.717, 1.165) is 12.8 Å². The first-order valence-electron chi connectivity index (χ1n) is 5.18. The highest BCUT2D eigenvalue weighted by atomic mass is 16.5. The molecule has 14 heavy (non-hydrogen) atoms. The first-order chi connectivity index (χ1) is 6.74. The van der Waals surface area contributed by atoms with Crippen molar-refractivity contribution in [2.24, 2.45) is 5.73 Å². The van der Waals surface area contributed by atoms with Crippen molar-refractivity contribution in [1.82, 2.24) is 0 Å². The molecule has 2 N–H and O–H groups in total. The fourth-order valence-electron chi connectivity index (χ4n) is 2.09. The van der Waals surface area contributed by atoms with Crippen LogP contribution in [0.15, 0.2) is 30.3 Å². The van der Waals surface area contributed by atoms with E-state index in [2.05, 4.69) is 31.2 Å². The fraction of sp³-hybridized carbons (Fsp3) is 0.500. The molecular weight excluding hydrogens is 174 g/mol. The molecule has 1 saturated heterocycles. The molecule has 76 valence electrons. The first-order valence-corrected chi connectivity index (χ1v) is 5.18. The molecule has 0 saturated carbocycles. The van der Waals surface area contributed by atoms with Crippen LogP contribution in [0.25, 0.3) is 0 Å². The first kappa shape index (κ1) is 9.69. The highest BCUT2D eigenvalue weighted by molar-refractivity contribution is 5.22. The lowest BCUT2D eigenvalue weighted by Gasteiger charge is -2.25. The van der Waals surface area contributed by atoms with Crippen molar-refractivity contribution in [2.75, 3.05) is 6.54 Å². The molecule has 0 amide bonds. The van der Waals surface area contributed by atoms with Crippen LogP contribution in [0.1, 0.15) is 25.3 Å². The van der Waals surface area contributed by atoms with E-state index >= 15 is 0 Å². The Morgan fingerprint density at radius 1 is 1.43 bits per heavy atom. The zero-order valence-corrected chi connectivity index (χ0v) is 8.57. The van der Waals surface area contributed by atoms with Crippen LogP contribution in [0.3, 0.4) is 0 Å². The van der Waals surface area contributed by atoms with Gasteiger partial charge in [-0.15, -0.1) is 0 Å². The van der Waals surface area contributed by atoms with Crippen LogP contribution >= 0.6 is 0 Å². The summed E-state index contributed by atoms with van der Waals surface area (Å²) < 4.78 is 5.96. The highest BCUT2D eigenvalue weighted by Crippen LogP contribution is 2.38. The second-order valence-corrected chi connectivity index (χ2v) is 4.11. The summed E-state index contributed by atoms with van der Waals surface area (Å²) in [5.74, 6) is 0. The topological polar surface area (TPSA) is 35.2 Å². The van der Waals surface area contributed by atoms with Gasteiger partial charge in [-0.3, -0.25) is 0 Å². The summed E-state index contributed by atoms with van der Waals surface area (Å²) in [6, 6.07) is 10.4. The molecule has 1 aromatic carbocycles. The Morgan fingerprint density at radius 3 is 2.71 bits per heavy atom. The van der Waals surface area contributed by atoms with E-state index in [0.29, 0.717) is 6.54 Å². The van der Waals surface area contributed by atoms with Crippen molar-refractivity contribution >= 4 is 0 Å². The van der Waals surface area contributed by atoms with Crippen molar-refractivity contribution in [3.8, 4) is 0 Å². The molecule has 2 unspecified atom stereocenters. The molecule has 0 aliphatic carbocycles. The number of hydrogen-bond donors (Lipinski definition) is 1. The molecule has 0 spiro atoms. The lowest BCUT2D eigenvalue weighted by atomic mass is 9.93. The standard InChI is InChI=1S/C12H17NO/c1-12(8-7-11(9-13)14-12)10-5-3-2-4-6-10/h2-6,11H,7-9,13H2,1H3. The predicted molar refractivity (Wildman–Crippen MR) is 57.0 cm³/mol. The Hall–Kier alpha value is -0.860. The van der Waals surface area contributed by atoms with E-state index in [1.165, 1.54) is 5.56 Å². The molecule has 1 aliphatic rings. The fourth-order valence-corrected chi connectivity index (χ4v) is 2.09. The van der Waals surface area contributed by atoms with Crippen LogP contribution in [0.4, 0.5) is 0 Å². The third-order valence-electron chi connectivity index (χ3n) is 3.02. The maximum absolute atomic E-state index is 5.96. The highest BCUT2D eigenvalue weighted by Gasteiger charge is 2.36. The third-order valence-corrected chi connectivity index (χ3v) is 3.02. The molecule has 2 nitrogen and oxygen atoms in total. The SMILES string of the molecule is CC1(c2ccccc2)CCC(CN)O1. The Bertz CT molecular complexity index is 298. The summed E-state index contributed by atoms with van der Waals surface area (Å²) in [6.45, 7) is 2.78. The molecule has 2 atom stereocenters. The second kappa shape index (κ2) is 3.71. The van der Waals surface area contributed by atoms with Crippen LogP contribution in [-0.4, -0.2) is 12.6 Å². The number of nitrogens with two attached hydrogens (primary N) is 1. The predicted octanol–water partition coefficient (Wildman–Crippen LogP) is 2.04. The Labute approximate surface area is 85.1 Å². The molecule has 2 heteroatoms. The normalized spacial score (nSPS) is 32.0. The molecule has 1 fully saturated rings. The van der Waals surface area contributed by atoms with Gasteiger partial charge in [-0.25, -0.2) is 0 Å². The molecule has 0 bridgehead atoms. The van der Waals surface area contributed by atoms with Gasteiger partial charge in [0, 0.05) is 6.54 Å². The van der Waals surface area contributed by atoms with Crippen LogP contribution in [0.5, 0.6) is 0 Å². The summed E-state index contributed by atoms with van der Waals surface area (Å²) in [7, 11) is 0. The van der Waals surface area contributed by atoms with Gasteiger partial charge in [0.2, 0.25) is 0 Å². The van der Waals surface area contributed by atoms with Gasteiger partial charge in [-0.1, -0.05) is 30.3 Å². The smallest absolute Gasteiger partial charge is 0.0908 e. The van der Waals surface area contributed by atoms with Crippen LogP contribution < -0.4 is 5.73 Å². The van der Waals surface area contributed by atoms with Crippen molar-refractivity contribution in [1.29, 1.82) is 0 Å². The van der Waals surface area contributed by atoms with E-state index < -0.39 is 0 Å². The molecule has 1 heterocycles. The van der Waals surface area contributed by atoms with Crippen molar-refractivity contribution in [3.63, 3.8) is 0 Å². The zero-order chi connectivity index (χ0) is 10.0. The zero-order valence-electron chi connectivity index (χ0n) is 8.57. The molecular formula is C12H17NO. The van der Waals surface area contributed by atoms with Crippen LogP contribution in [0.2, 0.25) is 0 Å². The van der Waals surface area contributed by atoms with Crippen LogP contribution in [0, 0.1) is 0 Å². The van der Waals surface area contributed by atoms with Gasteiger partial charge >= 0.3 is 0 Å². The van der Waals surface area contributed by atoms with Gasteiger partial charge in [0.05, 0.1) is 11.7 Å². The second-order valence-electron chi connectivity index (χ2n) is 4.11. The maximum Gasteiger partial charge on any atom is 0.0908 e. The van der Waals surface area contributed by atoms with E-state index in [1.807, 2.05) is 6.07 Å². The molecule has 2 rings (SSSR count). The van der Waals surface area contributed by atoms with Gasteiger partial charge in [0.15, 0.2) is 0 Å². The molecule has 1 aromatic rings. The van der Waals surface area contributed by atoms with Gasteiger partial charge < -0.3 is 10.5 Å². The number of benzene rings is 1. The molecule has 1 aliphatic heterocycles. The minimum Gasteiger partial charge on any atom is -0.366 e. The maximum atomic E-state index is 5.96. The van der Waals surface area contributed by atoms with Crippen LogP contribution in [-0.2, 0) is 10.3 Å². The van der Waals surface area contributed by atoms with Gasteiger partial charge in [0.25, 0.3) is 0 Å². The lowest BCUT2D eigenvalue weighted by Crippen LogP contribution is -2.26. The molecule has 0 aromatic heterocycles. The van der Waals surface area contributed by atoms with Crippen molar-refractivity contribution < 1.29 is 4.74 Å². The minimum atomic E-state index is -0.120. The van der Waals surface area contributed by atoms with E-state index in [9.17, 15) is 0 Å². The van der Waals surface area contributed by atoms with Gasteiger partial charge in [0.1, 0.15) is 0 Å². The number of rotatable bonds is 2. The summed E-state index contributed by atoms with van der Waals surface area (Å²) >= 11 is 0. The Kier molecular flexibility index (Phi) is 2.57. The summed E-state index contributed by atoms with van der Waals surface area (Å²) in [5, 5.41) is 0. The van der Waals surface area contributed by atoms with E-state index in [-0.39, 0.29) is 11.7 Å². The molecule has 0 radical (unpaired) electrons. The summed E-state index contributed by atoms with van der Waals surface area (Å²) in [6.07, 6.45) is 2.38.